The number of nitriles is 1. The molecule has 1 fully saturated rings. The second-order valence-corrected chi connectivity index (χ2v) is 8.99. The van der Waals surface area contributed by atoms with Crippen LogP contribution in [0.4, 0.5) is 19.0 Å². The van der Waals surface area contributed by atoms with Crippen LogP contribution in [0.3, 0.4) is 0 Å². The summed E-state index contributed by atoms with van der Waals surface area (Å²) in [5.41, 5.74) is -0.698. The number of hydrogen-bond acceptors (Lipinski definition) is 9. The molecule has 2 aromatic carbocycles. The summed E-state index contributed by atoms with van der Waals surface area (Å²) in [5, 5.41) is 22.1. The number of carbonyl (C=O) groups excluding carboxylic acids is 1. The number of carbonyl (C=O) groups is 1. The van der Waals surface area contributed by atoms with Crippen molar-refractivity contribution in [2.75, 3.05) is 18.0 Å². The molecule has 12 heteroatoms. The number of halogens is 3. The molecule has 9 nitrogen and oxygen atoms in total. The van der Waals surface area contributed by atoms with E-state index in [4.69, 9.17) is 9.26 Å². The van der Waals surface area contributed by atoms with Crippen LogP contribution in [0.2, 0.25) is 0 Å². The second-order valence-electron chi connectivity index (χ2n) is 8.99. The van der Waals surface area contributed by atoms with Gasteiger partial charge in [-0.15, -0.1) is 10.2 Å². The van der Waals surface area contributed by atoms with Crippen LogP contribution in [0.15, 0.2) is 71.3 Å². The van der Waals surface area contributed by atoms with Crippen molar-refractivity contribution in [2.45, 2.75) is 31.0 Å². The number of alkyl halides is 3. The third-order valence-corrected chi connectivity index (χ3v) is 6.58. The van der Waals surface area contributed by atoms with E-state index in [-0.39, 0.29) is 18.3 Å². The van der Waals surface area contributed by atoms with Crippen LogP contribution in [0.25, 0.3) is 11.6 Å². The topological polar surface area (TPSA) is 118 Å². The maximum atomic E-state index is 13.2. The Morgan fingerprint density at radius 2 is 1.82 bits per heavy atom. The van der Waals surface area contributed by atoms with Gasteiger partial charge in [0.15, 0.2) is 18.1 Å². The number of nitrogens with zero attached hydrogens (tertiary/aromatic N) is 6. The van der Waals surface area contributed by atoms with Gasteiger partial charge in [-0.25, -0.2) is 4.79 Å². The van der Waals surface area contributed by atoms with Gasteiger partial charge in [-0.05, 0) is 48.7 Å². The largest absolute Gasteiger partial charge is 0.454 e. The van der Waals surface area contributed by atoms with Crippen molar-refractivity contribution in [2.24, 2.45) is 0 Å². The van der Waals surface area contributed by atoms with Gasteiger partial charge in [0, 0.05) is 13.1 Å². The molecular formula is C27H21F3N6O3. The fourth-order valence-corrected chi connectivity index (χ4v) is 4.39. The highest BCUT2D eigenvalue weighted by Gasteiger charge is 2.39. The van der Waals surface area contributed by atoms with Gasteiger partial charge in [0.05, 0.1) is 22.6 Å². The zero-order valence-corrected chi connectivity index (χ0v) is 20.4. The SMILES string of the molecule is N#CC1(c2cccc(C(F)(F)F)c2)CCN(c2ccc(-c3nc(COC(=O)c4ccccc4)no3)nn2)CC1. The predicted molar refractivity (Wildman–Crippen MR) is 131 cm³/mol. The van der Waals surface area contributed by atoms with E-state index >= 15 is 0 Å². The standard InChI is InChI=1S/C27H21F3N6O3/c28-27(29,30)20-8-4-7-19(15-20)26(17-31)11-13-36(14-12-26)23-10-9-21(33-34-23)24-32-22(35-39-24)16-38-25(37)18-5-2-1-3-6-18/h1-10,15H,11-14,16H2. The first-order valence-electron chi connectivity index (χ1n) is 12.0. The summed E-state index contributed by atoms with van der Waals surface area (Å²) in [7, 11) is 0. The summed E-state index contributed by atoms with van der Waals surface area (Å²) in [5.74, 6) is 0.303. The Morgan fingerprint density at radius 3 is 2.49 bits per heavy atom. The lowest BCUT2D eigenvalue weighted by molar-refractivity contribution is -0.137. The van der Waals surface area contributed by atoms with E-state index in [2.05, 4.69) is 26.4 Å². The summed E-state index contributed by atoms with van der Waals surface area (Å²) < 4.78 is 50.0. The molecule has 1 aliphatic rings. The minimum Gasteiger partial charge on any atom is -0.454 e. The van der Waals surface area contributed by atoms with E-state index in [0.29, 0.717) is 48.6 Å². The van der Waals surface area contributed by atoms with Gasteiger partial charge in [-0.1, -0.05) is 41.6 Å². The molecule has 0 radical (unpaired) electrons. The Kier molecular flexibility index (Phi) is 6.98. The maximum Gasteiger partial charge on any atom is 0.416 e. The third-order valence-electron chi connectivity index (χ3n) is 6.58. The normalized spacial score (nSPS) is 15.0. The molecule has 0 bridgehead atoms. The quantitative estimate of drug-likeness (QED) is 0.316. The molecule has 1 aliphatic heterocycles. The molecule has 0 unspecified atom stereocenters. The second kappa shape index (κ2) is 10.5. The van der Waals surface area contributed by atoms with E-state index in [1.54, 1.807) is 48.5 Å². The zero-order chi connectivity index (χ0) is 27.5. The lowest BCUT2D eigenvalue weighted by Crippen LogP contribution is -2.42. The highest BCUT2D eigenvalue weighted by molar-refractivity contribution is 5.89. The maximum absolute atomic E-state index is 13.2. The first-order valence-corrected chi connectivity index (χ1v) is 12.0. The first-order chi connectivity index (χ1) is 18.8. The van der Waals surface area contributed by atoms with Crippen molar-refractivity contribution in [1.82, 2.24) is 20.3 Å². The Balaban J connectivity index is 1.21. The monoisotopic (exact) mass is 534 g/mol. The Hall–Kier alpha value is -4.79. The number of hydrogen-bond donors (Lipinski definition) is 0. The summed E-state index contributed by atoms with van der Waals surface area (Å²) in [6.07, 6.45) is -3.80. The molecule has 1 saturated heterocycles. The number of piperidine rings is 1. The van der Waals surface area contributed by atoms with Crippen LogP contribution < -0.4 is 4.90 Å². The smallest absolute Gasteiger partial charge is 0.416 e. The Bertz CT molecular complexity index is 1490. The molecule has 198 valence electrons. The van der Waals surface area contributed by atoms with E-state index < -0.39 is 23.1 Å². The van der Waals surface area contributed by atoms with Crippen LogP contribution in [0.1, 0.15) is 40.2 Å². The van der Waals surface area contributed by atoms with Gasteiger partial charge in [0.2, 0.25) is 5.82 Å². The zero-order valence-electron chi connectivity index (χ0n) is 20.4. The van der Waals surface area contributed by atoms with Crippen molar-refractivity contribution < 1.29 is 27.2 Å². The van der Waals surface area contributed by atoms with Crippen molar-refractivity contribution in [3.8, 4) is 17.7 Å². The van der Waals surface area contributed by atoms with Crippen LogP contribution in [-0.4, -0.2) is 39.4 Å². The van der Waals surface area contributed by atoms with E-state index in [9.17, 15) is 23.2 Å². The van der Waals surface area contributed by atoms with Gasteiger partial charge >= 0.3 is 12.1 Å². The fourth-order valence-electron chi connectivity index (χ4n) is 4.39. The van der Waals surface area contributed by atoms with E-state index in [1.807, 2.05) is 4.90 Å². The van der Waals surface area contributed by atoms with Gasteiger partial charge in [-0.3, -0.25) is 0 Å². The van der Waals surface area contributed by atoms with Crippen LogP contribution in [0.5, 0.6) is 0 Å². The highest BCUT2D eigenvalue weighted by atomic mass is 19.4. The Morgan fingerprint density at radius 1 is 1.05 bits per heavy atom. The number of rotatable bonds is 6. The summed E-state index contributed by atoms with van der Waals surface area (Å²) >= 11 is 0. The lowest BCUT2D eigenvalue weighted by Gasteiger charge is -2.38. The van der Waals surface area contributed by atoms with Crippen molar-refractivity contribution in [3.63, 3.8) is 0 Å². The lowest BCUT2D eigenvalue weighted by atomic mass is 9.73. The van der Waals surface area contributed by atoms with Gasteiger partial charge in [-0.2, -0.15) is 23.4 Å². The number of aromatic nitrogens is 4. The van der Waals surface area contributed by atoms with Crippen molar-refractivity contribution in [1.29, 1.82) is 5.26 Å². The number of esters is 1. The minimum absolute atomic E-state index is 0.103. The van der Waals surface area contributed by atoms with Crippen LogP contribution in [0, 0.1) is 11.3 Å². The van der Waals surface area contributed by atoms with Crippen molar-refractivity contribution >= 4 is 11.8 Å². The van der Waals surface area contributed by atoms with Crippen LogP contribution >= 0.6 is 0 Å². The molecular weight excluding hydrogens is 513 g/mol. The van der Waals surface area contributed by atoms with Crippen LogP contribution in [-0.2, 0) is 22.9 Å². The molecule has 4 aromatic rings. The minimum atomic E-state index is -4.48. The number of benzene rings is 2. The van der Waals surface area contributed by atoms with Gasteiger partial charge in [0.25, 0.3) is 5.89 Å². The molecule has 0 atom stereocenters. The third kappa shape index (κ3) is 5.57. The fraction of sp³-hybridized carbons (Fsp3) is 0.259. The first kappa shape index (κ1) is 25.8. The molecule has 3 heterocycles. The molecule has 5 rings (SSSR count). The highest BCUT2D eigenvalue weighted by Crippen LogP contribution is 2.39. The Labute approximate surface area is 220 Å². The predicted octanol–water partition coefficient (Wildman–Crippen LogP) is 4.96. The average Bonchev–Trinajstić information content (AvgIpc) is 3.45. The molecule has 0 amide bonds. The molecule has 39 heavy (non-hydrogen) atoms. The van der Waals surface area contributed by atoms with Gasteiger partial charge in [0.1, 0.15) is 0 Å². The molecule has 2 aromatic heterocycles. The molecule has 0 spiro atoms. The summed E-state index contributed by atoms with van der Waals surface area (Å²) in [4.78, 5) is 18.2. The van der Waals surface area contributed by atoms with E-state index in [0.717, 1.165) is 12.1 Å². The van der Waals surface area contributed by atoms with Gasteiger partial charge < -0.3 is 14.2 Å². The number of ether oxygens (including phenoxy) is 1. The van der Waals surface area contributed by atoms with Crippen molar-refractivity contribution in [3.05, 3.63) is 89.2 Å². The summed E-state index contributed by atoms with van der Waals surface area (Å²) in [6, 6.07) is 19.1. The molecule has 0 N–H and O–H groups in total. The molecule has 0 saturated carbocycles. The van der Waals surface area contributed by atoms with E-state index in [1.165, 1.54) is 6.07 Å². The molecule has 0 aliphatic carbocycles. The number of anilines is 1. The average molecular weight is 534 g/mol. The summed E-state index contributed by atoms with van der Waals surface area (Å²) in [6.45, 7) is 0.647.